The minimum atomic E-state index is 0. The third-order valence-corrected chi connectivity index (χ3v) is 2.09. The van der Waals surface area contributed by atoms with Crippen molar-refractivity contribution in [2.24, 2.45) is 0 Å². The second-order valence-corrected chi connectivity index (χ2v) is 3.34. The van der Waals surface area contributed by atoms with Gasteiger partial charge in [0.05, 0.1) is 11.6 Å². The summed E-state index contributed by atoms with van der Waals surface area (Å²) in [5.41, 5.74) is 1.92. The molecule has 0 spiro atoms. The Bertz CT molecular complexity index is 318. The SMILES string of the molecule is CCCCNCc1cccc(C#N)c1.Cl. The lowest BCUT2D eigenvalue weighted by atomic mass is 10.1. The Morgan fingerprint density at radius 2 is 2.20 bits per heavy atom. The second-order valence-electron chi connectivity index (χ2n) is 3.34. The van der Waals surface area contributed by atoms with E-state index in [2.05, 4.69) is 18.3 Å². The first kappa shape index (κ1) is 14.0. The van der Waals surface area contributed by atoms with E-state index in [1.807, 2.05) is 24.3 Å². The van der Waals surface area contributed by atoms with E-state index in [4.69, 9.17) is 5.26 Å². The zero-order chi connectivity index (χ0) is 10.2. The molecular weight excluding hydrogens is 208 g/mol. The minimum absolute atomic E-state index is 0. The molecule has 0 aliphatic carbocycles. The fraction of sp³-hybridized carbons (Fsp3) is 0.417. The van der Waals surface area contributed by atoms with Gasteiger partial charge in [-0.1, -0.05) is 25.5 Å². The van der Waals surface area contributed by atoms with E-state index < -0.39 is 0 Å². The third kappa shape index (κ3) is 5.41. The van der Waals surface area contributed by atoms with Crippen LogP contribution in [0, 0.1) is 11.3 Å². The molecule has 0 fully saturated rings. The number of nitrogens with zero attached hydrogens (tertiary/aromatic N) is 1. The van der Waals surface area contributed by atoms with Gasteiger partial charge < -0.3 is 5.32 Å². The Balaban J connectivity index is 0.00000196. The zero-order valence-electron chi connectivity index (χ0n) is 8.99. The summed E-state index contributed by atoms with van der Waals surface area (Å²) in [6.45, 7) is 4.08. The molecule has 0 aliphatic rings. The van der Waals surface area contributed by atoms with Crippen molar-refractivity contribution in [3.8, 4) is 6.07 Å². The van der Waals surface area contributed by atoms with Crippen LogP contribution in [0.1, 0.15) is 30.9 Å². The van der Waals surface area contributed by atoms with Crippen molar-refractivity contribution in [3.63, 3.8) is 0 Å². The molecule has 15 heavy (non-hydrogen) atoms. The van der Waals surface area contributed by atoms with Crippen LogP contribution in [-0.2, 0) is 6.54 Å². The maximum Gasteiger partial charge on any atom is 0.0991 e. The predicted octanol–water partition coefficient (Wildman–Crippen LogP) is 2.87. The van der Waals surface area contributed by atoms with Crippen molar-refractivity contribution in [2.75, 3.05) is 6.54 Å². The summed E-state index contributed by atoms with van der Waals surface area (Å²) in [5.74, 6) is 0. The summed E-state index contributed by atoms with van der Waals surface area (Å²) in [6.07, 6.45) is 2.42. The Morgan fingerprint density at radius 3 is 2.87 bits per heavy atom. The molecule has 82 valence electrons. The van der Waals surface area contributed by atoms with Crippen LogP contribution in [0.2, 0.25) is 0 Å². The molecule has 0 unspecified atom stereocenters. The summed E-state index contributed by atoms with van der Waals surface area (Å²) >= 11 is 0. The highest BCUT2D eigenvalue weighted by molar-refractivity contribution is 5.85. The van der Waals surface area contributed by atoms with Gasteiger partial charge in [0.1, 0.15) is 0 Å². The summed E-state index contributed by atoms with van der Waals surface area (Å²) in [6, 6.07) is 9.87. The Hall–Kier alpha value is -1.04. The molecule has 0 aromatic heterocycles. The fourth-order valence-corrected chi connectivity index (χ4v) is 1.29. The largest absolute Gasteiger partial charge is 0.313 e. The van der Waals surface area contributed by atoms with Crippen LogP contribution < -0.4 is 5.32 Å². The fourth-order valence-electron chi connectivity index (χ4n) is 1.29. The second kappa shape index (κ2) is 8.28. The molecule has 0 saturated heterocycles. The maximum absolute atomic E-state index is 8.70. The van der Waals surface area contributed by atoms with Crippen molar-refractivity contribution in [3.05, 3.63) is 35.4 Å². The Kier molecular flexibility index (Phi) is 7.71. The van der Waals surface area contributed by atoms with Gasteiger partial charge in [-0.15, -0.1) is 12.4 Å². The third-order valence-electron chi connectivity index (χ3n) is 2.09. The smallest absolute Gasteiger partial charge is 0.0991 e. The number of rotatable bonds is 5. The number of hydrogen-bond acceptors (Lipinski definition) is 2. The lowest BCUT2D eigenvalue weighted by Crippen LogP contribution is -2.14. The maximum atomic E-state index is 8.70. The molecule has 2 nitrogen and oxygen atoms in total. The van der Waals surface area contributed by atoms with Gasteiger partial charge in [-0.05, 0) is 30.7 Å². The van der Waals surface area contributed by atoms with Gasteiger partial charge in [-0.25, -0.2) is 0 Å². The molecule has 0 atom stereocenters. The van der Waals surface area contributed by atoms with Crippen LogP contribution in [0.15, 0.2) is 24.3 Å². The van der Waals surface area contributed by atoms with Gasteiger partial charge in [0.25, 0.3) is 0 Å². The molecule has 0 amide bonds. The van der Waals surface area contributed by atoms with Crippen LogP contribution in [0.25, 0.3) is 0 Å². The van der Waals surface area contributed by atoms with E-state index in [9.17, 15) is 0 Å². The topological polar surface area (TPSA) is 35.8 Å². The lowest BCUT2D eigenvalue weighted by Gasteiger charge is -2.03. The normalized spacial score (nSPS) is 9.07. The highest BCUT2D eigenvalue weighted by atomic mass is 35.5. The van der Waals surface area contributed by atoms with Gasteiger partial charge >= 0.3 is 0 Å². The van der Waals surface area contributed by atoms with Gasteiger partial charge in [0, 0.05) is 6.54 Å². The van der Waals surface area contributed by atoms with Crippen LogP contribution in [-0.4, -0.2) is 6.54 Å². The standard InChI is InChI=1S/C12H16N2.ClH/c1-2-3-7-14-10-12-6-4-5-11(8-12)9-13;/h4-6,8,14H,2-3,7,10H2,1H3;1H. The molecular formula is C12H17ClN2. The molecule has 0 bridgehead atoms. The van der Waals surface area contributed by atoms with Crippen molar-refractivity contribution < 1.29 is 0 Å². The minimum Gasteiger partial charge on any atom is -0.313 e. The quantitative estimate of drug-likeness (QED) is 0.781. The molecule has 0 radical (unpaired) electrons. The van der Waals surface area contributed by atoms with E-state index in [-0.39, 0.29) is 12.4 Å². The molecule has 3 heteroatoms. The predicted molar refractivity (Wildman–Crippen MR) is 65.0 cm³/mol. The van der Waals surface area contributed by atoms with Crippen LogP contribution in [0.4, 0.5) is 0 Å². The molecule has 1 N–H and O–H groups in total. The van der Waals surface area contributed by atoms with Gasteiger partial charge in [0.2, 0.25) is 0 Å². The number of halogens is 1. The van der Waals surface area contributed by atoms with E-state index >= 15 is 0 Å². The molecule has 0 heterocycles. The van der Waals surface area contributed by atoms with E-state index in [0.29, 0.717) is 0 Å². The van der Waals surface area contributed by atoms with Gasteiger partial charge in [0.15, 0.2) is 0 Å². The summed E-state index contributed by atoms with van der Waals surface area (Å²) in [4.78, 5) is 0. The summed E-state index contributed by atoms with van der Waals surface area (Å²) in [7, 11) is 0. The van der Waals surface area contributed by atoms with Crippen molar-refractivity contribution >= 4 is 12.4 Å². The number of hydrogen-bond donors (Lipinski definition) is 1. The summed E-state index contributed by atoms with van der Waals surface area (Å²) < 4.78 is 0. The molecule has 1 aromatic rings. The van der Waals surface area contributed by atoms with E-state index in [1.165, 1.54) is 18.4 Å². The average Bonchev–Trinajstić information content (AvgIpc) is 2.25. The lowest BCUT2D eigenvalue weighted by molar-refractivity contribution is 0.641. The van der Waals surface area contributed by atoms with Crippen molar-refractivity contribution in [1.82, 2.24) is 5.32 Å². The number of nitriles is 1. The molecule has 0 aliphatic heterocycles. The first-order valence-electron chi connectivity index (χ1n) is 5.06. The first-order chi connectivity index (χ1) is 6.86. The molecule has 0 saturated carbocycles. The first-order valence-corrected chi connectivity index (χ1v) is 5.06. The highest BCUT2D eigenvalue weighted by Gasteiger charge is 1.94. The van der Waals surface area contributed by atoms with Crippen molar-refractivity contribution in [2.45, 2.75) is 26.3 Å². The van der Waals surface area contributed by atoms with E-state index in [1.54, 1.807) is 0 Å². The van der Waals surface area contributed by atoms with Gasteiger partial charge in [-0.3, -0.25) is 0 Å². The monoisotopic (exact) mass is 224 g/mol. The van der Waals surface area contributed by atoms with Crippen LogP contribution in [0.5, 0.6) is 0 Å². The molecule has 1 aromatic carbocycles. The van der Waals surface area contributed by atoms with E-state index in [0.717, 1.165) is 18.7 Å². The number of benzene rings is 1. The Labute approximate surface area is 97.7 Å². The Morgan fingerprint density at radius 1 is 1.40 bits per heavy atom. The zero-order valence-corrected chi connectivity index (χ0v) is 9.81. The van der Waals surface area contributed by atoms with Crippen LogP contribution in [0.3, 0.4) is 0 Å². The average molecular weight is 225 g/mol. The molecule has 1 rings (SSSR count). The summed E-state index contributed by atoms with van der Waals surface area (Å²) in [5, 5.41) is 12.0. The van der Waals surface area contributed by atoms with Crippen molar-refractivity contribution in [1.29, 1.82) is 5.26 Å². The highest BCUT2D eigenvalue weighted by Crippen LogP contribution is 2.03. The van der Waals surface area contributed by atoms with Gasteiger partial charge in [-0.2, -0.15) is 5.26 Å². The number of unbranched alkanes of at least 4 members (excludes halogenated alkanes) is 1. The van der Waals surface area contributed by atoms with Crippen LogP contribution >= 0.6 is 12.4 Å². The number of nitrogens with one attached hydrogen (secondary N) is 1.